The normalized spacial score (nSPS) is 23.0. The molecule has 2 saturated heterocycles. The van der Waals surface area contributed by atoms with Gasteiger partial charge in [-0.2, -0.15) is 4.31 Å². The van der Waals surface area contributed by atoms with Crippen LogP contribution in [-0.4, -0.2) is 64.9 Å². The fourth-order valence-corrected chi connectivity index (χ4v) is 6.46. The Morgan fingerprint density at radius 3 is 2.55 bits per heavy atom. The monoisotopic (exact) mass is 474 g/mol. The number of primary amides is 1. The van der Waals surface area contributed by atoms with Crippen LogP contribution >= 0.6 is 0 Å². The number of Topliss-reactive ketones (excluding diaryl/α,β-unsaturated/α-hetero) is 1. The van der Waals surface area contributed by atoms with Crippen LogP contribution in [0.3, 0.4) is 0 Å². The highest BCUT2D eigenvalue weighted by molar-refractivity contribution is 7.88. The Morgan fingerprint density at radius 1 is 1.18 bits per heavy atom. The number of sulfonamides is 1. The van der Waals surface area contributed by atoms with Crippen molar-refractivity contribution >= 4 is 27.6 Å². The summed E-state index contributed by atoms with van der Waals surface area (Å²) in [7, 11) is -3.99. The van der Waals surface area contributed by atoms with E-state index < -0.39 is 57.3 Å². The lowest BCUT2D eigenvalue weighted by Gasteiger charge is -2.34. The lowest BCUT2D eigenvalue weighted by Crippen LogP contribution is -2.64. The number of ketones is 1. The van der Waals surface area contributed by atoms with E-state index in [2.05, 4.69) is 4.98 Å². The molecule has 2 fully saturated rings. The molecule has 0 aliphatic carbocycles. The van der Waals surface area contributed by atoms with Crippen molar-refractivity contribution in [3.8, 4) is 0 Å². The summed E-state index contributed by atoms with van der Waals surface area (Å²) in [4.78, 5) is 43.8. The third kappa shape index (κ3) is 4.02. The average Bonchev–Trinajstić information content (AvgIpc) is 3.31. The van der Waals surface area contributed by atoms with E-state index in [1.165, 1.54) is 24.5 Å². The Balaban J connectivity index is 1.57. The Bertz CT molecular complexity index is 1190. The first-order valence-corrected chi connectivity index (χ1v) is 12.0. The number of pyridine rings is 1. The maximum absolute atomic E-state index is 13.1. The summed E-state index contributed by atoms with van der Waals surface area (Å²) >= 11 is 0. The molecule has 1 aromatic heterocycles. The molecule has 33 heavy (non-hydrogen) atoms. The van der Waals surface area contributed by atoms with E-state index in [1.54, 1.807) is 24.3 Å². The summed E-state index contributed by atoms with van der Waals surface area (Å²) in [5.74, 6) is -3.02. The van der Waals surface area contributed by atoms with Gasteiger partial charge in [-0.15, -0.1) is 0 Å². The Labute approximate surface area is 190 Å². The zero-order valence-corrected chi connectivity index (χ0v) is 18.5. The predicted molar refractivity (Wildman–Crippen MR) is 115 cm³/mol. The molecule has 9 nitrogen and oxygen atoms in total. The van der Waals surface area contributed by atoms with Gasteiger partial charge in [-0.05, 0) is 42.2 Å². The van der Waals surface area contributed by atoms with Crippen molar-refractivity contribution in [1.82, 2.24) is 14.2 Å². The van der Waals surface area contributed by atoms with E-state index in [0.29, 0.717) is 11.1 Å². The van der Waals surface area contributed by atoms with Crippen molar-refractivity contribution in [2.24, 2.45) is 5.73 Å². The first-order valence-electron chi connectivity index (χ1n) is 10.4. The minimum Gasteiger partial charge on any atom is -0.367 e. The molecule has 2 aromatic rings. The first kappa shape index (κ1) is 23.0. The highest BCUT2D eigenvalue weighted by Gasteiger charge is 2.68. The third-order valence-corrected chi connectivity index (χ3v) is 8.05. The van der Waals surface area contributed by atoms with Crippen LogP contribution in [0.5, 0.6) is 0 Å². The summed E-state index contributed by atoms with van der Waals surface area (Å²) in [5.41, 5.74) is 4.77. The zero-order chi connectivity index (χ0) is 23.8. The van der Waals surface area contributed by atoms with Gasteiger partial charge in [0.1, 0.15) is 5.82 Å². The number of carbonyl (C=O) groups excluding carboxylic acids is 3. The van der Waals surface area contributed by atoms with Gasteiger partial charge in [-0.25, -0.2) is 12.8 Å². The molecule has 11 heteroatoms. The molecule has 0 saturated carbocycles. The minimum absolute atomic E-state index is 0.0283. The first-order chi connectivity index (χ1) is 15.7. The van der Waals surface area contributed by atoms with Crippen LogP contribution in [0.1, 0.15) is 24.0 Å². The molecule has 0 radical (unpaired) electrons. The van der Waals surface area contributed by atoms with Gasteiger partial charge in [0.2, 0.25) is 15.9 Å². The van der Waals surface area contributed by atoms with Crippen molar-refractivity contribution in [2.45, 2.75) is 36.6 Å². The highest BCUT2D eigenvalue weighted by Crippen LogP contribution is 2.41. The van der Waals surface area contributed by atoms with E-state index in [0.717, 1.165) is 9.21 Å². The number of hydrogen-bond donors (Lipinski definition) is 1. The van der Waals surface area contributed by atoms with Crippen molar-refractivity contribution < 1.29 is 27.2 Å². The molecule has 2 aliphatic heterocycles. The van der Waals surface area contributed by atoms with Gasteiger partial charge in [0.15, 0.2) is 11.3 Å². The van der Waals surface area contributed by atoms with E-state index in [-0.39, 0.29) is 25.8 Å². The van der Waals surface area contributed by atoms with Gasteiger partial charge in [0.05, 0.1) is 18.3 Å². The van der Waals surface area contributed by atoms with Crippen LogP contribution in [0, 0.1) is 5.82 Å². The lowest BCUT2D eigenvalue weighted by atomic mass is 9.89. The van der Waals surface area contributed by atoms with Crippen molar-refractivity contribution in [3.63, 3.8) is 0 Å². The minimum atomic E-state index is -3.99. The molecule has 2 unspecified atom stereocenters. The molecule has 0 spiro atoms. The summed E-state index contributed by atoms with van der Waals surface area (Å²) in [6.45, 7) is -0.502. The van der Waals surface area contributed by atoms with E-state index >= 15 is 0 Å². The number of nitrogens with two attached hydrogens (primary N) is 1. The van der Waals surface area contributed by atoms with Gasteiger partial charge in [0.25, 0.3) is 5.91 Å². The maximum atomic E-state index is 13.1. The van der Waals surface area contributed by atoms with E-state index in [1.807, 2.05) is 0 Å². The van der Waals surface area contributed by atoms with Crippen LogP contribution in [0.4, 0.5) is 4.39 Å². The number of rotatable bonds is 7. The maximum Gasteiger partial charge on any atom is 0.252 e. The number of nitrogens with zero attached hydrogens (tertiary/aromatic N) is 3. The van der Waals surface area contributed by atoms with Gasteiger partial charge in [0, 0.05) is 25.4 Å². The number of aryl methyl sites for hydroxylation is 1. The predicted octanol–water partition coefficient (Wildman–Crippen LogP) is 0.393. The quantitative estimate of drug-likeness (QED) is 0.578. The standard InChI is InChI=1S/C22H23FN4O5S/c23-17-6-3-15(4-7-17)5-8-20(29)26-11-9-18-22(26,21(24)30)19(28)13-27(18)33(31,32)14-16-2-1-10-25-12-16/h1-4,6-7,10,12,18H,5,8-9,11,13-14H2,(H2,24,30). The van der Waals surface area contributed by atoms with Crippen molar-refractivity contribution in [3.05, 3.63) is 65.7 Å². The second-order valence-electron chi connectivity index (χ2n) is 8.19. The molecule has 2 aliphatic rings. The van der Waals surface area contributed by atoms with Crippen LogP contribution in [0.25, 0.3) is 0 Å². The topological polar surface area (TPSA) is 131 Å². The number of carbonyl (C=O) groups is 3. The third-order valence-electron chi connectivity index (χ3n) is 6.25. The second kappa shape index (κ2) is 8.64. The summed E-state index contributed by atoms with van der Waals surface area (Å²) in [6.07, 6.45) is 3.27. The van der Waals surface area contributed by atoms with Crippen LogP contribution < -0.4 is 5.73 Å². The largest absolute Gasteiger partial charge is 0.367 e. The zero-order valence-electron chi connectivity index (χ0n) is 17.7. The number of likely N-dealkylation sites (tertiary alicyclic amines) is 1. The molecule has 2 amide bonds. The molecule has 4 rings (SSSR count). The molecular weight excluding hydrogens is 451 g/mol. The van der Waals surface area contributed by atoms with Crippen LogP contribution in [-0.2, 0) is 36.6 Å². The number of aromatic nitrogens is 1. The van der Waals surface area contributed by atoms with Crippen LogP contribution in [0.2, 0.25) is 0 Å². The SMILES string of the molecule is NC(=O)C12C(=O)CN(S(=O)(=O)Cc3cccnc3)C1CCN2C(=O)CCc1ccc(F)cc1. The number of benzene rings is 1. The molecule has 3 heterocycles. The molecule has 2 atom stereocenters. The van der Waals surface area contributed by atoms with Gasteiger partial charge in [-0.1, -0.05) is 18.2 Å². The molecule has 0 bridgehead atoms. The molecule has 174 valence electrons. The number of halogens is 1. The summed E-state index contributed by atoms with van der Waals surface area (Å²) in [6, 6.07) is 7.80. The van der Waals surface area contributed by atoms with Gasteiger partial charge < -0.3 is 10.6 Å². The molecular formula is C22H23FN4O5S. The van der Waals surface area contributed by atoms with E-state index in [9.17, 15) is 27.2 Å². The van der Waals surface area contributed by atoms with Crippen molar-refractivity contribution in [2.75, 3.05) is 13.1 Å². The fourth-order valence-electron chi connectivity index (χ4n) is 4.74. The van der Waals surface area contributed by atoms with E-state index in [4.69, 9.17) is 5.73 Å². The van der Waals surface area contributed by atoms with Gasteiger partial charge >= 0.3 is 0 Å². The highest BCUT2D eigenvalue weighted by atomic mass is 32.2. The van der Waals surface area contributed by atoms with Crippen LogP contribution in [0.15, 0.2) is 48.8 Å². The molecule has 2 N–H and O–H groups in total. The Morgan fingerprint density at radius 2 is 1.91 bits per heavy atom. The number of amides is 2. The number of hydrogen-bond acceptors (Lipinski definition) is 6. The Hall–Kier alpha value is -3.18. The summed E-state index contributed by atoms with van der Waals surface area (Å²) in [5, 5.41) is 0. The smallest absolute Gasteiger partial charge is 0.252 e. The lowest BCUT2D eigenvalue weighted by molar-refractivity contribution is -0.149. The number of fused-ring (bicyclic) bond motifs is 1. The average molecular weight is 475 g/mol. The fraction of sp³-hybridized carbons (Fsp3) is 0.364. The van der Waals surface area contributed by atoms with Crippen molar-refractivity contribution in [1.29, 1.82) is 0 Å². The second-order valence-corrected chi connectivity index (χ2v) is 10.1. The van der Waals surface area contributed by atoms with Gasteiger partial charge in [-0.3, -0.25) is 19.4 Å². The summed E-state index contributed by atoms with van der Waals surface area (Å²) < 4.78 is 40.4. The Kier molecular flexibility index (Phi) is 6.02. The molecule has 1 aromatic carbocycles.